The monoisotopic (exact) mass is 365 g/mol. The molecule has 2 aromatic heterocycles. The summed E-state index contributed by atoms with van der Waals surface area (Å²) < 4.78 is 5.33. The number of hydrogen-bond donors (Lipinski definition) is 1. The summed E-state index contributed by atoms with van der Waals surface area (Å²) in [5.74, 6) is 0.853. The first-order chi connectivity index (χ1) is 13.3. The van der Waals surface area contributed by atoms with E-state index in [1.54, 1.807) is 0 Å². The van der Waals surface area contributed by atoms with Gasteiger partial charge in [0, 0.05) is 19.6 Å². The first kappa shape index (κ1) is 17.5. The van der Waals surface area contributed by atoms with E-state index < -0.39 is 0 Å². The van der Waals surface area contributed by atoms with Crippen LogP contribution in [0.2, 0.25) is 0 Å². The summed E-state index contributed by atoms with van der Waals surface area (Å²) in [7, 11) is 0. The Kier molecular flexibility index (Phi) is 5.00. The summed E-state index contributed by atoms with van der Waals surface area (Å²) in [5, 5.41) is 8.04. The summed E-state index contributed by atoms with van der Waals surface area (Å²) in [5.41, 5.74) is 2.47. The molecule has 0 bridgehead atoms. The SMILES string of the molecule is CCc1noc2ncnc(N3CCC[C@H](C(=O)NCc4ccccc4)C3)c12. The van der Waals surface area contributed by atoms with E-state index in [0.29, 0.717) is 18.8 Å². The number of rotatable bonds is 5. The number of nitrogens with zero attached hydrogens (tertiary/aromatic N) is 4. The third kappa shape index (κ3) is 3.63. The predicted molar refractivity (Wildman–Crippen MR) is 102 cm³/mol. The van der Waals surface area contributed by atoms with Gasteiger partial charge in [0.15, 0.2) is 0 Å². The van der Waals surface area contributed by atoms with E-state index in [1.807, 2.05) is 37.3 Å². The molecule has 1 amide bonds. The van der Waals surface area contributed by atoms with Crippen molar-refractivity contribution in [1.29, 1.82) is 0 Å². The second kappa shape index (κ2) is 7.73. The fraction of sp³-hybridized carbons (Fsp3) is 0.400. The minimum absolute atomic E-state index is 0.0579. The zero-order valence-electron chi connectivity index (χ0n) is 15.4. The van der Waals surface area contributed by atoms with E-state index >= 15 is 0 Å². The number of benzene rings is 1. The maximum Gasteiger partial charge on any atom is 0.263 e. The molecular formula is C20H23N5O2. The lowest BCUT2D eigenvalue weighted by Gasteiger charge is -2.33. The quantitative estimate of drug-likeness (QED) is 0.748. The van der Waals surface area contributed by atoms with Crippen molar-refractivity contribution in [3.8, 4) is 0 Å². The van der Waals surface area contributed by atoms with Crippen molar-refractivity contribution in [1.82, 2.24) is 20.4 Å². The molecular weight excluding hydrogens is 342 g/mol. The van der Waals surface area contributed by atoms with Crippen LogP contribution in [0.5, 0.6) is 0 Å². The Labute approximate surface area is 157 Å². The zero-order chi connectivity index (χ0) is 18.6. The number of carbonyl (C=O) groups is 1. The molecule has 0 spiro atoms. The topological polar surface area (TPSA) is 84.2 Å². The van der Waals surface area contributed by atoms with E-state index in [9.17, 15) is 4.79 Å². The number of anilines is 1. The molecule has 140 valence electrons. The summed E-state index contributed by atoms with van der Waals surface area (Å²) in [6.07, 6.45) is 4.08. The maximum atomic E-state index is 12.7. The molecule has 7 heteroatoms. The predicted octanol–water partition coefficient (Wildman–Crippen LogP) is 2.71. The smallest absolute Gasteiger partial charge is 0.263 e. The normalized spacial score (nSPS) is 17.2. The molecule has 1 aliphatic heterocycles. The first-order valence-corrected chi connectivity index (χ1v) is 9.42. The van der Waals surface area contributed by atoms with Crippen molar-refractivity contribution in [3.63, 3.8) is 0 Å². The van der Waals surface area contributed by atoms with Crippen molar-refractivity contribution < 1.29 is 9.32 Å². The first-order valence-electron chi connectivity index (χ1n) is 9.42. The van der Waals surface area contributed by atoms with Gasteiger partial charge in [-0.05, 0) is 24.8 Å². The molecule has 1 saturated heterocycles. The molecule has 1 aliphatic rings. The summed E-state index contributed by atoms with van der Waals surface area (Å²) in [4.78, 5) is 23.5. The van der Waals surface area contributed by atoms with Crippen molar-refractivity contribution in [3.05, 3.63) is 47.9 Å². The largest absolute Gasteiger partial charge is 0.355 e. The van der Waals surface area contributed by atoms with Gasteiger partial charge in [-0.25, -0.2) is 4.98 Å². The van der Waals surface area contributed by atoms with Crippen LogP contribution in [0.1, 0.15) is 31.0 Å². The Morgan fingerprint density at radius 1 is 1.30 bits per heavy atom. The maximum absolute atomic E-state index is 12.7. The fourth-order valence-corrected chi connectivity index (χ4v) is 3.62. The molecule has 1 N–H and O–H groups in total. The van der Waals surface area contributed by atoms with Gasteiger partial charge >= 0.3 is 0 Å². The minimum Gasteiger partial charge on any atom is -0.355 e. The van der Waals surface area contributed by atoms with E-state index in [2.05, 4.69) is 25.3 Å². The van der Waals surface area contributed by atoms with Gasteiger partial charge < -0.3 is 14.7 Å². The molecule has 27 heavy (non-hydrogen) atoms. The van der Waals surface area contributed by atoms with Crippen LogP contribution < -0.4 is 10.2 Å². The molecule has 1 fully saturated rings. The van der Waals surface area contributed by atoms with Crippen molar-refractivity contribution in [2.24, 2.45) is 5.92 Å². The molecule has 3 heterocycles. The number of aromatic nitrogens is 3. The van der Waals surface area contributed by atoms with Crippen LogP contribution in [0.25, 0.3) is 11.1 Å². The number of piperidine rings is 1. The molecule has 3 aromatic rings. The molecule has 0 aliphatic carbocycles. The van der Waals surface area contributed by atoms with E-state index in [0.717, 1.165) is 48.3 Å². The van der Waals surface area contributed by atoms with Crippen molar-refractivity contribution in [2.75, 3.05) is 18.0 Å². The summed E-state index contributed by atoms with van der Waals surface area (Å²) in [6, 6.07) is 9.97. The lowest BCUT2D eigenvalue weighted by atomic mass is 9.96. The van der Waals surface area contributed by atoms with Crippen LogP contribution in [-0.4, -0.2) is 34.1 Å². The number of carbonyl (C=O) groups excluding carboxylic acids is 1. The highest BCUT2D eigenvalue weighted by Crippen LogP contribution is 2.30. The van der Waals surface area contributed by atoms with Gasteiger partial charge in [-0.15, -0.1) is 0 Å². The standard InChI is InChI=1S/C20H23N5O2/c1-2-16-17-18(22-13-23-20(17)27-24-16)25-10-6-9-15(12-25)19(26)21-11-14-7-4-3-5-8-14/h3-5,7-8,13,15H,2,6,9-12H2,1H3,(H,21,26)/t15-/m0/s1. The average molecular weight is 365 g/mol. The number of nitrogens with one attached hydrogen (secondary N) is 1. The Hall–Kier alpha value is -2.96. The molecule has 1 atom stereocenters. The molecule has 0 unspecified atom stereocenters. The molecule has 0 radical (unpaired) electrons. The molecule has 7 nitrogen and oxygen atoms in total. The minimum atomic E-state index is -0.0579. The Morgan fingerprint density at radius 3 is 2.96 bits per heavy atom. The van der Waals surface area contributed by atoms with E-state index in [-0.39, 0.29) is 11.8 Å². The van der Waals surface area contributed by atoms with Gasteiger partial charge in [-0.2, -0.15) is 4.98 Å². The van der Waals surface area contributed by atoms with E-state index in [4.69, 9.17) is 4.52 Å². The Balaban J connectivity index is 1.48. The van der Waals surface area contributed by atoms with Gasteiger partial charge in [0.05, 0.1) is 11.6 Å². The molecule has 1 aromatic carbocycles. The lowest BCUT2D eigenvalue weighted by molar-refractivity contribution is -0.125. The van der Waals surface area contributed by atoms with Gasteiger partial charge in [-0.1, -0.05) is 42.4 Å². The molecule has 4 rings (SSSR count). The van der Waals surface area contributed by atoms with Gasteiger partial charge in [0.2, 0.25) is 5.91 Å². The van der Waals surface area contributed by atoms with Crippen molar-refractivity contribution >= 4 is 22.8 Å². The van der Waals surface area contributed by atoms with Crippen LogP contribution in [-0.2, 0) is 17.8 Å². The van der Waals surface area contributed by atoms with Crippen LogP contribution >= 0.6 is 0 Å². The fourth-order valence-electron chi connectivity index (χ4n) is 3.62. The highest BCUT2D eigenvalue weighted by atomic mass is 16.5. The van der Waals surface area contributed by atoms with Gasteiger partial charge in [0.1, 0.15) is 17.5 Å². The number of aryl methyl sites for hydroxylation is 1. The van der Waals surface area contributed by atoms with Gasteiger partial charge in [-0.3, -0.25) is 4.79 Å². The summed E-state index contributed by atoms with van der Waals surface area (Å²) in [6.45, 7) is 4.09. The zero-order valence-corrected chi connectivity index (χ0v) is 15.4. The van der Waals surface area contributed by atoms with Crippen LogP contribution in [0.4, 0.5) is 5.82 Å². The summed E-state index contributed by atoms with van der Waals surface area (Å²) >= 11 is 0. The number of amides is 1. The van der Waals surface area contributed by atoms with Crippen LogP contribution in [0.15, 0.2) is 41.2 Å². The molecule has 0 saturated carbocycles. The number of fused-ring (bicyclic) bond motifs is 1. The highest BCUT2D eigenvalue weighted by molar-refractivity contribution is 5.88. The number of hydrogen-bond acceptors (Lipinski definition) is 6. The van der Waals surface area contributed by atoms with Crippen LogP contribution in [0, 0.1) is 5.92 Å². The van der Waals surface area contributed by atoms with Crippen molar-refractivity contribution in [2.45, 2.75) is 32.7 Å². The van der Waals surface area contributed by atoms with E-state index in [1.165, 1.54) is 6.33 Å². The van der Waals surface area contributed by atoms with Crippen LogP contribution in [0.3, 0.4) is 0 Å². The highest BCUT2D eigenvalue weighted by Gasteiger charge is 2.28. The Bertz CT molecular complexity index is 925. The third-order valence-corrected chi connectivity index (χ3v) is 5.06. The third-order valence-electron chi connectivity index (χ3n) is 5.06. The lowest BCUT2D eigenvalue weighted by Crippen LogP contribution is -2.43. The second-order valence-electron chi connectivity index (χ2n) is 6.85. The second-order valence-corrected chi connectivity index (χ2v) is 6.85. The Morgan fingerprint density at radius 2 is 2.15 bits per heavy atom. The average Bonchev–Trinajstić information content (AvgIpc) is 3.16. The van der Waals surface area contributed by atoms with Gasteiger partial charge in [0.25, 0.3) is 5.71 Å².